The fourth-order valence-corrected chi connectivity index (χ4v) is 2.02. The van der Waals surface area contributed by atoms with E-state index in [1.54, 1.807) is 7.11 Å². The van der Waals surface area contributed by atoms with E-state index < -0.39 is 0 Å². The lowest BCUT2D eigenvalue weighted by Gasteiger charge is -2.16. The van der Waals surface area contributed by atoms with Gasteiger partial charge < -0.3 is 14.8 Å². The van der Waals surface area contributed by atoms with Gasteiger partial charge in [-0.15, -0.1) is 0 Å². The average Bonchev–Trinajstić information content (AvgIpc) is 2.53. The minimum atomic E-state index is 0.123. The normalized spacial score (nSPS) is 29.7. The van der Waals surface area contributed by atoms with E-state index in [0.29, 0.717) is 12.0 Å². The zero-order valence-corrected chi connectivity index (χ0v) is 10.8. The summed E-state index contributed by atoms with van der Waals surface area (Å²) < 4.78 is 11.2. The molecule has 1 aliphatic rings. The van der Waals surface area contributed by atoms with E-state index >= 15 is 0 Å². The molecule has 1 aliphatic heterocycles. The van der Waals surface area contributed by atoms with Gasteiger partial charge in [0.2, 0.25) is 0 Å². The first kappa shape index (κ1) is 12.4. The van der Waals surface area contributed by atoms with Crippen molar-refractivity contribution >= 4 is 0 Å². The summed E-state index contributed by atoms with van der Waals surface area (Å²) in [4.78, 5) is 0. The molecule has 1 aromatic rings. The van der Waals surface area contributed by atoms with Gasteiger partial charge in [0.05, 0.1) is 19.8 Å². The van der Waals surface area contributed by atoms with Gasteiger partial charge in [-0.05, 0) is 30.5 Å². The van der Waals surface area contributed by atoms with Crippen LogP contribution < -0.4 is 10.1 Å². The van der Waals surface area contributed by atoms with Crippen LogP contribution >= 0.6 is 0 Å². The second-order valence-electron chi connectivity index (χ2n) is 4.77. The molecule has 1 heterocycles. The van der Waals surface area contributed by atoms with Crippen LogP contribution in [0.25, 0.3) is 0 Å². The van der Waals surface area contributed by atoms with Gasteiger partial charge in [-0.3, -0.25) is 0 Å². The zero-order valence-electron chi connectivity index (χ0n) is 10.8. The van der Waals surface area contributed by atoms with Crippen LogP contribution in [0, 0.1) is 5.92 Å². The Kier molecular flexibility index (Phi) is 4.02. The highest BCUT2D eigenvalue weighted by Gasteiger charge is 2.22. The molecule has 3 atom stereocenters. The van der Waals surface area contributed by atoms with Gasteiger partial charge in [0, 0.05) is 12.6 Å². The Balaban J connectivity index is 2.11. The van der Waals surface area contributed by atoms with Crippen molar-refractivity contribution in [3.63, 3.8) is 0 Å². The maximum atomic E-state index is 5.95. The lowest BCUT2D eigenvalue weighted by atomic mass is 10.1. The molecule has 0 aliphatic carbocycles. The first-order valence-electron chi connectivity index (χ1n) is 6.19. The number of benzene rings is 1. The molecule has 17 heavy (non-hydrogen) atoms. The topological polar surface area (TPSA) is 30.5 Å². The van der Waals surface area contributed by atoms with Crippen molar-refractivity contribution in [1.82, 2.24) is 5.32 Å². The Morgan fingerprint density at radius 1 is 1.35 bits per heavy atom. The minimum absolute atomic E-state index is 0.123. The summed E-state index contributed by atoms with van der Waals surface area (Å²) in [6, 6.07) is 8.61. The molecule has 3 unspecified atom stereocenters. The lowest BCUT2D eigenvalue weighted by molar-refractivity contribution is 0.0495. The predicted octanol–water partition coefficient (Wildman–Crippen LogP) is 2.38. The number of hydrogen-bond donors (Lipinski definition) is 1. The molecule has 3 heteroatoms. The van der Waals surface area contributed by atoms with Crippen LogP contribution in [0.4, 0.5) is 0 Å². The smallest absolute Gasteiger partial charge is 0.119 e. The molecule has 2 rings (SSSR count). The van der Waals surface area contributed by atoms with Crippen LogP contribution in [-0.4, -0.2) is 26.3 Å². The zero-order chi connectivity index (χ0) is 12.3. The summed E-state index contributed by atoms with van der Waals surface area (Å²) in [5.74, 6) is 1.43. The largest absolute Gasteiger partial charge is 0.497 e. The average molecular weight is 235 g/mol. The van der Waals surface area contributed by atoms with Crippen molar-refractivity contribution in [2.24, 2.45) is 5.92 Å². The number of ether oxygens (including phenoxy) is 2. The number of rotatable bonds is 2. The second-order valence-corrected chi connectivity index (χ2v) is 4.77. The highest BCUT2D eigenvalue weighted by atomic mass is 16.5. The van der Waals surface area contributed by atoms with Gasteiger partial charge in [-0.1, -0.05) is 19.1 Å². The molecule has 0 bridgehead atoms. The van der Waals surface area contributed by atoms with Gasteiger partial charge in [0.15, 0.2) is 0 Å². The third-order valence-electron chi connectivity index (χ3n) is 3.50. The SMILES string of the molecule is COc1cccc(C2CNC(C)C(C)CO2)c1. The maximum Gasteiger partial charge on any atom is 0.119 e. The number of nitrogens with one attached hydrogen (secondary N) is 1. The quantitative estimate of drug-likeness (QED) is 0.853. The predicted molar refractivity (Wildman–Crippen MR) is 68.3 cm³/mol. The molecule has 0 aromatic heterocycles. The van der Waals surface area contributed by atoms with E-state index in [-0.39, 0.29) is 6.10 Å². The van der Waals surface area contributed by atoms with E-state index in [4.69, 9.17) is 9.47 Å². The van der Waals surface area contributed by atoms with Crippen LogP contribution in [0.3, 0.4) is 0 Å². The highest BCUT2D eigenvalue weighted by molar-refractivity contribution is 5.30. The van der Waals surface area contributed by atoms with E-state index in [9.17, 15) is 0 Å². The van der Waals surface area contributed by atoms with Crippen LogP contribution in [0.2, 0.25) is 0 Å². The molecule has 94 valence electrons. The first-order valence-corrected chi connectivity index (χ1v) is 6.19. The first-order chi connectivity index (χ1) is 8.20. The Hall–Kier alpha value is -1.06. The van der Waals surface area contributed by atoms with Gasteiger partial charge in [-0.2, -0.15) is 0 Å². The summed E-state index contributed by atoms with van der Waals surface area (Å²) in [6.07, 6.45) is 0.123. The molecule has 0 spiro atoms. The van der Waals surface area contributed by atoms with Crippen molar-refractivity contribution in [2.45, 2.75) is 26.0 Å². The standard InChI is InChI=1S/C14H21NO2/c1-10-9-17-14(8-15-11(10)2)12-5-4-6-13(7-12)16-3/h4-7,10-11,14-15H,8-9H2,1-3H3. The molecular weight excluding hydrogens is 214 g/mol. The van der Waals surface area contributed by atoms with Gasteiger partial charge >= 0.3 is 0 Å². The molecular formula is C14H21NO2. The van der Waals surface area contributed by atoms with E-state index in [1.165, 1.54) is 5.56 Å². The van der Waals surface area contributed by atoms with Crippen LogP contribution in [-0.2, 0) is 4.74 Å². The summed E-state index contributed by atoms with van der Waals surface area (Å²) in [5.41, 5.74) is 1.18. The molecule has 0 saturated carbocycles. The van der Waals surface area contributed by atoms with Gasteiger partial charge in [0.1, 0.15) is 5.75 Å². The van der Waals surface area contributed by atoms with Crippen molar-refractivity contribution in [2.75, 3.05) is 20.3 Å². The Morgan fingerprint density at radius 3 is 2.94 bits per heavy atom. The summed E-state index contributed by atoms with van der Waals surface area (Å²) in [7, 11) is 1.69. The van der Waals surface area contributed by atoms with Crippen molar-refractivity contribution in [3.05, 3.63) is 29.8 Å². The van der Waals surface area contributed by atoms with E-state index in [1.807, 2.05) is 18.2 Å². The fourth-order valence-electron chi connectivity index (χ4n) is 2.02. The second kappa shape index (κ2) is 5.52. The maximum absolute atomic E-state index is 5.95. The lowest BCUT2D eigenvalue weighted by Crippen LogP contribution is -2.32. The number of methoxy groups -OCH3 is 1. The van der Waals surface area contributed by atoms with E-state index in [2.05, 4.69) is 25.2 Å². The third-order valence-corrected chi connectivity index (χ3v) is 3.50. The van der Waals surface area contributed by atoms with Gasteiger partial charge in [0.25, 0.3) is 0 Å². The van der Waals surface area contributed by atoms with Crippen LogP contribution in [0.5, 0.6) is 5.75 Å². The number of hydrogen-bond acceptors (Lipinski definition) is 3. The Bertz CT molecular complexity index is 355. The third kappa shape index (κ3) is 2.99. The van der Waals surface area contributed by atoms with Crippen molar-refractivity contribution < 1.29 is 9.47 Å². The molecule has 0 radical (unpaired) electrons. The Morgan fingerprint density at radius 2 is 2.18 bits per heavy atom. The van der Waals surface area contributed by atoms with Crippen LogP contribution in [0.15, 0.2) is 24.3 Å². The Labute approximate surface area is 103 Å². The molecule has 1 N–H and O–H groups in total. The highest BCUT2D eigenvalue weighted by Crippen LogP contribution is 2.24. The molecule has 1 fully saturated rings. The van der Waals surface area contributed by atoms with Crippen molar-refractivity contribution in [3.8, 4) is 5.75 Å². The van der Waals surface area contributed by atoms with Gasteiger partial charge in [-0.25, -0.2) is 0 Å². The summed E-state index contributed by atoms with van der Waals surface area (Å²) >= 11 is 0. The molecule has 3 nitrogen and oxygen atoms in total. The van der Waals surface area contributed by atoms with Crippen molar-refractivity contribution in [1.29, 1.82) is 0 Å². The van der Waals surface area contributed by atoms with E-state index in [0.717, 1.165) is 18.9 Å². The van der Waals surface area contributed by atoms with Crippen LogP contribution in [0.1, 0.15) is 25.5 Å². The molecule has 0 amide bonds. The minimum Gasteiger partial charge on any atom is -0.497 e. The molecule has 1 aromatic carbocycles. The molecule has 1 saturated heterocycles. The fraction of sp³-hybridized carbons (Fsp3) is 0.571. The summed E-state index contributed by atoms with van der Waals surface area (Å²) in [5, 5.41) is 3.51. The summed E-state index contributed by atoms with van der Waals surface area (Å²) in [6.45, 7) is 6.09. The monoisotopic (exact) mass is 235 g/mol.